The Hall–Kier alpha value is -3.23. The predicted molar refractivity (Wildman–Crippen MR) is 84.6 cm³/mol. The van der Waals surface area contributed by atoms with Crippen LogP contribution in [0.5, 0.6) is 11.5 Å². The van der Waals surface area contributed by atoms with Crippen LogP contribution in [0.2, 0.25) is 0 Å². The molecule has 26 heavy (non-hydrogen) atoms. The van der Waals surface area contributed by atoms with Crippen molar-refractivity contribution in [1.29, 1.82) is 0 Å². The summed E-state index contributed by atoms with van der Waals surface area (Å²) in [5.41, 5.74) is -0.263. The largest absolute Gasteiger partial charge is 0.586 e. The lowest BCUT2D eigenvalue weighted by Crippen LogP contribution is -2.41. The van der Waals surface area contributed by atoms with Gasteiger partial charge in [-0.25, -0.2) is 4.39 Å². The predicted octanol–water partition coefficient (Wildman–Crippen LogP) is 2.90. The quantitative estimate of drug-likeness (QED) is 0.872. The van der Waals surface area contributed by atoms with Crippen LogP contribution in [0.3, 0.4) is 0 Å². The molecule has 1 heterocycles. The van der Waals surface area contributed by atoms with E-state index in [4.69, 9.17) is 0 Å². The number of hydrogen-bond donors (Lipinski definition) is 2. The maximum absolute atomic E-state index is 13.6. The molecule has 1 atom stereocenters. The number of benzene rings is 2. The third-order valence-electron chi connectivity index (χ3n) is 3.55. The van der Waals surface area contributed by atoms with E-state index in [0.717, 1.165) is 6.07 Å². The van der Waals surface area contributed by atoms with Gasteiger partial charge in [0, 0.05) is 0 Å². The molecule has 9 heteroatoms. The van der Waals surface area contributed by atoms with Gasteiger partial charge in [-0.15, -0.1) is 8.78 Å². The number of anilines is 1. The molecule has 0 bridgehead atoms. The van der Waals surface area contributed by atoms with Crippen LogP contribution in [0.25, 0.3) is 0 Å². The molecule has 1 aliphatic rings. The smallest absolute Gasteiger partial charge is 0.395 e. The number of hydrogen-bond acceptors (Lipinski definition) is 4. The molecule has 136 valence electrons. The Kier molecular flexibility index (Phi) is 4.45. The van der Waals surface area contributed by atoms with Crippen LogP contribution < -0.4 is 20.1 Å². The summed E-state index contributed by atoms with van der Waals surface area (Å²) in [6.45, 7) is 1.36. The van der Waals surface area contributed by atoms with Gasteiger partial charge in [0.25, 0.3) is 5.91 Å². The van der Waals surface area contributed by atoms with E-state index in [-0.39, 0.29) is 22.7 Å². The Morgan fingerprint density at radius 3 is 2.54 bits per heavy atom. The number of fused-ring (bicyclic) bond motifs is 1. The summed E-state index contributed by atoms with van der Waals surface area (Å²) in [4.78, 5) is 24.3. The van der Waals surface area contributed by atoms with Crippen molar-refractivity contribution < 1.29 is 32.2 Å². The normalized spacial score (nSPS) is 15.2. The van der Waals surface area contributed by atoms with E-state index in [1.165, 1.54) is 43.3 Å². The number of nitrogens with one attached hydrogen (secondary N) is 2. The van der Waals surface area contributed by atoms with Gasteiger partial charge in [0.15, 0.2) is 11.5 Å². The van der Waals surface area contributed by atoms with E-state index in [0.29, 0.717) is 0 Å². The second-order valence-electron chi connectivity index (χ2n) is 5.46. The molecule has 3 rings (SSSR count). The van der Waals surface area contributed by atoms with Gasteiger partial charge in [0.2, 0.25) is 5.91 Å². The SMILES string of the molecule is CC(NC(=O)c1ccccc1F)C(=O)Nc1cccc2c1OC(F)(F)O2. The summed E-state index contributed by atoms with van der Waals surface area (Å²) in [6, 6.07) is 8.21. The fourth-order valence-corrected chi connectivity index (χ4v) is 2.29. The van der Waals surface area contributed by atoms with E-state index in [9.17, 15) is 22.8 Å². The molecule has 0 spiro atoms. The zero-order valence-corrected chi connectivity index (χ0v) is 13.4. The van der Waals surface area contributed by atoms with Crippen LogP contribution in [0, 0.1) is 5.82 Å². The Bertz CT molecular complexity index is 873. The third kappa shape index (κ3) is 3.56. The minimum absolute atomic E-state index is 0.0448. The van der Waals surface area contributed by atoms with Crippen molar-refractivity contribution in [3.63, 3.8) is 0 Å². The third-order valence-corrected chi connectivity index (χ3v) is 3.55. The van der Waals surface area contributed by atoms with Crippen molar-refractivity contribution >= 4 is 17.5 Å². The van der Waals surface area contributed by atoms with E-state index >= 15 is 0 Å². The first-order valence-electron chi connectivity index (χ1n) is 7.52. The first kappa shape index (κ1) is 17.6. The first-order chi connectivity index (χ1) is 12.3. The number of rotatable bonds is 4. The molecule has 1 unspecified atom stereocenters. The van der Waals surface area contributed by atoms with Crippen LogP contribution >= 0.6 is 0 Å². The van der Waals surface area contributed by atoms with E-state index in [1.807, 2.05) is 0 Å². The maximum atomic E-state index is 13.6. The van der Waals surface area contributed by atoms with Gasteiger partial charge in [-0.2, -0.15) is 0 Å². The fourth-order valence-electron chi connectivity index (χ4n) is 2.29. The van der Waals surface area contributed by atoms with Crippen molar-refractivity contribution in [2.75, 3.05) is 5.32 Å². The highest BCUT2D eigenvalue weighted by atomic mass is 19.3. The Morgan fingerprint density at radius 1 is 1.08 bits per heavy atom. The van der Waals surface area contributed by atoms with Crippen molar-refractivity contribution in [3.8, 4) is 11.5 Å². The summed E-state index contributed by atoms with van der Waals surface area (Å²) < 4.78 is 48.6. The van der Waals surface area contributed by atoms with Gasteiger partial charge in [-0.1, -0.05) is 18.2 Å². The lowest BCUT2D eigenvalue weighted by Gasteiger charge is -2.15. The standard InChI is InChI=1S/C17H13F3N2O4/c1-9(21-16(24)10-5-2-3-6-11(10)18)15(23)22-12-7-4-8-13-14(12)26-17(19,20)25-13/h2-9H,1H3,(H,21,24)(H,22,23). The lowest BCUT2D eigenvalue weighted by atomic mass is 10.2. The average molecular weight is 366 g/mol. The summed E-state index contributed by atoms with van der Waals surface area (Å²) in [5.74, 6) is -2.77. The molecule has 0 aromatic heterocycles. The number of halogens is 3. The average Bonchev–Trinajstić information content (AvgIpc) is 2.90. The van der Waals surface area contributed by atoms with Crippen molar-refractivity contribution in [1.82, 2.24) is 5.32 Å². The van der Waals surface area contributed by atoms with Gasteiger partial charge in [-0.05, 0) is 31.2 Å². The molecular formula is C17H13F3N2O4. The highest BCUT2D eigenvalue weighted by molar-refractivity contribution is 6.01. The maximum Gasteiger partial charge on any atom is 0.586 e. The molecule has 0 fully saturated rings. The van der Waals surface area contributed by atoms with Gasteiger partial charge in [0.05, 0.1) is 11.3 Å². The van der Waals surface area contributed by atoms with Crippen molar-refractivity contribution in [3.05, 3.63) is 53.8 Å². The molecule has 0 radical (unpaired) electrons. The minimum atomic E-state index is -3.83. The number of ether oxygens (including phenoxy) is 2. The summed E-state index contributed by atoms with van der Waals surface area (Å²) in [7, 11) is 0. The molecule has 0 aliphatic carbocycles. The van der Waals surface area contributed by atoms with Crippen LogP contribution in [0.15, 0.2) is 42.5 Å². The number of amides is 2. The molecule has 0 saturated heterocycles. The van der Waals surface area contributed by atoms with Crippen LogP contribution in [-0.4, -0.2) is 24.2 Å². The second kappa shape index (κ2) is 6.58. The molecule has 2 aromatic carbocycles. The number of para-hydroxylation sites is 1. The summed E-state index contributed by atoms with van der Waals surface area (Å²) in [6.07, 6.45) is -3.83. The molecule has 2 aromatic rings. The number of carbonyl (C=O) groups excluding carboxylic acids is 2. The van der Waals surface area contributed by atoms with E-state index in [1.54, 1.807) is 0 Å². The van der Waals surface area contributed by atoms with Gasteiger partial charge >= 0.3 is 6.29 Å². The lowest BCUT2D eigenvalue weighted by molar-refractivity contribution is -0.286. The Morgan fingerprint density at radius 2 is 1.81 bits per heavy atom. The zero-order valence-electron chi connectivity index (χ0n) is 13.4. The van der Waals surface area contributed by atoms with Gasteiger partial charge in [-0.3, -0.25) is 9.59 Å². The zero-order chi connectivity index (χ0) is 18.9. The van der Waals surface area contributed by atoms with Gasteiger partial charge < -0.3 is 20.1 Å². The highest BCUT2D eigenvalue weighted by Crippen LogP contribution is 2.45. The van der Waals surface area contributed by atoms with E-state index < -0.39 is 30.0 Å². The van der Waals surface area contributed by atoms with Crippen molar-refractivity contribution in [2.24, 2.45) is 0 Å². The summed E-state index contributed by atoms with van der Waals surface area (Å²) >= 11 is 0. The molecule has 6 nitrogen and oxygen atoms in total. The Labute approximate surface area is 145 Å². The Balaban J connectivity index is 1.69. The van der Waals surface area contributed by atoms with Gasteiger partial charge in [0.1, 0.15) is 11.9 Å². The topological polar surface area (TPSA) is 76.7 Å². The summed E-state index contributed by atoms with van der Waals surface area (Å²) in [5, 5.41) is 4.70. The monoisotopic (exact) mass is 366 g/mol. The van der Waals surface area contributed by atoms with Crippen LogP contribution in [-0.2, 0) is 4.79 Å². The molecule has 0 saturated carbocycles. The number of alkyl halides is 2. The van der Waals surface area contributed by atoms with Crippen LogP contribution in [0.1, 0.15) is 17.3 Å². The molecule has 1 aliphatic heterocycles. The van der Waals surface area contributed by atoms with E-state index in [2.05, 4.69) is 20.1 Å². The minimum Gasteiger partial charge on any atom is -0.395 e. The highest BCUT2D eigenvalue weighted by Gasteiger charge is 2.44. The fraction of sp³-hybridized carbons (Fsp3) is 0.176. The van der Waals surface area contributed by atoms with Crippen molar-refractivity contribution in [2.45, 2.75) is 19.3 Å². The second-order valence-corrected chi connectivity index (χ2v) is 5.46. The molecule has 2 N–H and O–H groups in total. The molecular weight excluding hydrogens is 353 g/mol. The first-order valence-corrected chi connectivity index (χ1v) is 7.52. The molecule has 2 amide bonds. The number of carbonyl (C=O) groups is 2. The van der Waals surface area contributed by atoms with Crippen LogP contribution in [0.4, 0.5) is 18.9 Å².